The standard InChI is InChI=1S/C17H15Cl2N3/c1-22-16(13-4-8-15(19)9-5-13)11-21-17(22)20-10-12-2-6-14(18)7-3-12/h2-9,11H,10H2,1H3,(H,20,21). The topological polar surface area (TPSA) is 29.9 Å². The van der Waals surface area contributed by atoms with Crippen molar-refractivity contribution in [3.8, 4) is 11.3 Å². The Hall–Kier alpha value is -1.97. The summed E-state index contributed by atoms with van der Waals surface area (Å²) in [6.07, 6.45) is 1.85. The summed E-state index contributed by atoms with van der Waals surface area (Å²) in [6.45, 7) is 0.697. The van der Waals surface area contributed by atoms with Crippen LogP contribution < -0.4 is 5.32 Å². The van der Waals surface area contributed by atoms with Crippen molar-refractivity contribution in [3.05, 3.63) is 70.3 Å². The van der Waals surface area contributed by atoms with Crippen LogP contribution in [0.4, 0.5) is 5.95 Å². The maximum absolute atomic E-state index is 5.93. The number of imidazole rings is 1. The van der Waals surface area contributed by atoms with E-state index >= 15 is 0 Å². The fraction of sp³-hybridized carbons (Fsp3) is 0.118. The van der Waals surface area contributed by atoms with Gasteiger partial charge in [0.2, 0.25) is 5.95 Å². The molecule has 0 atom stereocenters. The molecule has 5 heteroatoms. The molecule has 1 N–H and O–H groups in total. The Morgan fingerprint density at radius 1 is 0.955 bits per heavy atom. The van der Waals surface area contributed by atoms with Crippen LogP contribution in [0.2, 0.25) is 10.0 Å². The van der Waals surface area contributed by atoms with E-state index in [-0.39, 0.29) is 0 Å². The summed E-state index contributed by atoms with van der Waals surface area (Å²) in [4.78, 5) is 4.44. The van der Waals surface area contributed by atoms with Gasteiger partial charge in [0.15, 0.2) is 0 Å². The minimum absolute atomic E-state index is 0.697. The monoisotopic (exact) mass is 331 g/mol. The summed E-state index contributed by atoms with van der Waals surface area (Å²) in [7, 11) is 1.99. The van der Waals surface area contributed by atoms with Gasteiger partial charge < -0.3 is 9.88 Å². The number of benzene rings is 2. The Morgan fingerprint density at radius 2 is 1.55 bits per heavy atom. The van der Waals surface area contributed by atoms with Gasteiger partial charge in [-0.25, -0.2) is 4.98 Å². The first kappa shape index (κ1) is 14.9. The van der Waals surface area contributed by atoms with Crippen molar-refractivity contribution in [2.75, 3.05) is 5.32 Å². The van der Waals surface area contributed by atoms with Gasteiger partial charge in [-0.05, 0) is 35.4 Å². The molecular formula is C17H15Cl2N3. The molecule has 3 nitrogen and oxygen atoms in total. The Balaban J connectivity index is 1.75. The highest BCUT2D eigenvalue weighted by atomic mass is 35.5. The van der Waals surface area contributed by atoms with Gasteiger partial charge in [0.25, 0.3) is 0 Å². The van der Waals surface area contributed by atoms with E-state index in [0.29, 0.717) is 6.54 Å². The lowest BCUT2D eigenvalue weighted by atomic mass is 10.2. The van der Waals surface area contributed by atoms with Gasteiger partial charge in [0.05, 0.1) is 11.9 Å². The van der Waals surface area contributed by atoms with Crippen LogP contribution in [0.3, 0.4) is 0 Å². The van der Waals surface area contributed by atoms with Crippen LogP contribution in [0.1, 0.15) is 5.56 Å². The van der Waals surface area contributed by atoms with E-state index in [0.717, 1.165) is 32.8 Å². The number of aromatic nitrogens is 2. The third kappa shape index (κ3) is 3.26. The predicted molar refractivity (Wildman–Crippen MR) is 92.4 cm³/mol. The Morgan fingerprint density at radius 3 is 2.18 bits per heavy atom. The first-order valence-electron chi connectivity index (χ1n) is 6.89. The minimum Gasteiger partial charge on any atom is -0.352 e. The summed E-state index contributed by atoms with van der Waals surface area (Å²) in [5.74, 6) is 0.819. The molecule has 22 heavy (non-hydrogen) atoms. The quantitative estimate of drug-likeness (QED) is 0.728. The van der Waals surface area contributed by atoms with Gasteiger partial charge >= 0.3 is 0 Å². The van der Waals surface area contributed by atoms with E-state index in [1.807, 2.05) is 66.3 Å². The van der Waals surface area contributed by atoms with E-state index in [2.05, 4.69) is 10.3 Å². The van der Waals surface area contributed by atoms with Crippen LogP contribution in [-0.2, 0) is 13.6 Å². The van der Waals surface area contributed by atoms with Crippen LogP contribution in [-0.4, -0.2) is 9.55 Å². The Labute approximate surface area is 139 Å². The van der Waals surface area contributed by atoms with E-state index in [4.69, 9.17) is 23.2 Å². The SMILES string of the molecule is Cn1c(-c2ccc(Cl)cc2)cnc1NCc1ccc(Cl)cc1. The number of nitrogens with one attached hydrogen (secondary N) is 1. The predicted octanol–water partition coefficient (Wildman–Crippen LogP) is 5.01. The van der Waals surface area contributed by atoms with Crippen molar-refractivity contribution in [3.63, 3.8) is 0 Å². The van der Waals surface area contributed by atoms with Crippen molar-refractivity contribution >= 4 is 29.2 Å². The second kappa shape index (κ2) is 6.42. The maximum atomic E-state index is 5.93. The molecule has 0 amide bonds. The molecule has 0 saturated heterocycles. The third-order valence-electron chi connectivity index (χ3n) is 3.49. The van der Waals surface area contributed by atoms with Gasteiger partial charge in [-0.2, -0.15) is 0 Å². The van der Waals surface area contributed by atoms with Crippen molar-refractivity contribution in [2.24, 2.45) is 7.05 Å². The van der Waals surface area contributed by atoms with Crippen LogP contribution in [0.5, 0.6) is 0 Å². The van der Waals surface area contributed by atoms with Crippen molar-refractivity contribution in [1.29, 1.82) is 0 Å². The highest BCUT2D eigenvalue weighted by Gasteiger charge is 2.08. The molecule has 3 rings (SSSR count). The second-order valence-corrected chi connectivity index (χ2v) is 5.89. The average Bonchev–Trinajstić information content (AvgIpc) is 2.89. The zero-order chi connectivity index (χ0) is 15.5. The summed E-state index contributed by atoms with van der Waals surface area (Å²) in [5.41, 5.74) is 3.27. The first-order valence-corrected chi connectivity index (χ1v) is 7.65. The van der Waals surface area contributed by atoms with E-state index < -0.39 is 0 Å². The van der Waals surface area contributed by atoms with Crippen LogP contribution in [0, 0.1) is 0 Å². The van der Waals surface area contributed by atoms with Gasteiger partial charge in [0.1, 0.15) is 0 Å². The largest absolute Gasteiger partial charge is 0.352 e. The number of halogens is 2. The number of nitrogens with zero attached hydrogens (tertiary/aromatic N) is 2. The second-order valence-electron chi connectivity index (χ2n) is 5.01. The molecule has 2 aromatic carbocycles. The average molecular weight is 332 g/mol. The molecular weight excluding hydrogens is 317 g/mol. The third-order valence-corrected chi connectivity index (χ3v) is 4.00. The normalized spacial score (nSPS) is 10.7. The Bertz CT molecular complexity index is 762. The number of hydrogen-bond donors (Lipinski definition) is 1. The number of rotatable bonds is 4. The minimum atomic E-state index is 0.697. The highest BCUT2D eigenvalue weighted by molar-refractivity contribution is 6.30. The molecule has 1 heterocycles. The molecule has 0 spiro atoms. The van der Waals surface area contributed by atoms with Gasteiger partial charge in [-0.1, -0.05) is 47.5 Å². The van der Waals surface area contributed by atoms with E-state index in [9.17, 15) is 0 Å². The first-order chi connectivity index (χ1) is 10.6. The zero-order valence-corrected chi connectivity index (χ0v) is 13.6. The summed E-state index contributed by atoms with van der Waals surface area (Å²) < 4.78 is 2.03. The van der Waals surface area contributed by atoms with Crippen LogP contribution in [0.15, 0.2) is 54.7 Å². The molecule has 1 aromatic heterocycles. The van der Waals surface area contributed by atoms with Gasteiger partial charge in [-0.15, -0.1) is 0 Å². The Kier molecular flexibility index (Phi) is 4.36. The summed E-state index contributed by atoms with van der Waals surface area (Å²) >= 11 is 11.8. The van der Waals surface area contributed by atoms with Crippen molar-refractivity contribution < 1.29 is 0 Å². The molecule has 3 aromatic rings. The molecule has 0 bridgehead atoms. The van der Waals surface area contributed by atoms with Crippen molar-refractivity contribution in [2.45, 2.75) is 6.54 Å². The lowest BCUT2D eigenvalue weighted by Gasteiger charge is -2.08. The summed E-state index contributed by atoms with van der Waals surface area (Å²) in [6, 6.07) is 15.5. The molecule has 0 radical (unpaired) electrons. The lowest BCUT2D eigenvalue weighted by Crippen LogP contribution is -2.05. The van der Waals surface area contributed by atoms with Gasteiger partial charge in [-0.3, -0.25) is 0 Å². The molecule has 112 valence electrons. The lowest BCUT2D eigenvalue weighted by molar-refractivity contribution is 0.907. The fourth-order valence-electron chi connectivity index (χ4n) is 2.25. The summed E-state index contributed by atoms with van der Waals surface area (Å²) in [5, 5.41) is 4.80. The fourth-order valence-corrected chi connectivity index (χ4v) is 2.50. The molecule has 0 saturated carbocycles. The highest BCUT2D eigenvalue weighted by Crippen LogP contribution is 2.23. The van der Waals surface area contributed by atoms with Gasteiger partial charge in [0, 0.05) is 23.6 Å². The van der Waals surface area contributed by atoms with E-state index in [1.54, 1.807) is 0 Å². The molecule has 0 aliphatic rings. The number of anilines is 1. The van der Waals surface area contributed by atoms with Crippen molar-refractivity contribution in [1.82, 2.24) is 9.55 Å². The smallest absolute Gasteiger partial charge is 0.203 e. The van der Waals surface area contributed by atoms with E-state index in [1.165, 1.54) is 0 Å². The maximum Gasteiger partial charge on any atom is 0.203 e. The zero-order valence-electron chi connectivity index (χ0n) is 12.1. The molecule has 0 aliphatic heterocycles. The molecule has 0 unspecified atom stereocenters. The number of hydrogen-bond acceptors (Lipinski definition) is 2. The molecule has 0 aliphatic carbocycles. The van der Waals surface area contributed by atoms with Crippen LogP contribution >= 0.6 is 23.2 Å². The molecule has 0 fully saturated rings. The van der Waals surface area contributed by atoms with Crippen LogP contribution in [0.25, 0.3) is 11.3 Å².